The largest absolute Gasteiger partial charge is 0.390 e. The summed E-state index contributed by atoms with van der Waals surface area (Å²) in [6, 6.07) is 6.34. The maximum atomic E-state index is 13.4. The van der Waals surface area contributed by atoms with E-state index in [2.05, 4.69) is 15.6 Å². The minimum absolute atomic E-state index is 0. The first kappa shape index (κ1) is 25.7. The van der Waals surface area contributed by atoms with E-state index in [1.54, 1.807) is 18.4 Å². The number of nitrogens with zero attached hydrogens (tertiary/aromatic N) is 1. The lowest BCUT2D eigenvalue weighted by Gasteiger charge is -2.19. The van der Waals surface area contributed by atoms with Crippen molar-refractivity contribution in [2.24, 2.45) is 4.99 Å². The molecular formula is C18H24F2IN3O3S2. The van der Waals surface area contributed by atoms with Crippen LogP contribution in [0.4, 0.5) is 8.78 Å². The number of nitrogens with one attached hydrogen (secondary N) is 2. The molecule has 2 atom stereocenters. The molecule has 2 unspecified atom stereocenters. The van der Waals surface area contributed by atoms with Crippen LogP contribution in [0.3, 0.4) is 0 Å². The van der Waals surface area contributed by atoms with E-state index in [0.29, 0.717) is 18.1 Å². The first-order chi connectivity index (χ1) is 13.2. The quantitative estimate of drug-likeness (QED) is 0.263. The standard InChI is InChI=1S/C18H23F2N3O3S2.HI/c1-3-21-18(23-12(2)13-6-7-15(19)16(20)9-13)22-10-14(24)11-28(25,26)17-5-4-8-27-17;/h4-9,12,14,24H,3,10-11H2,1-2H3,(H2,21,22,23);1H. The summed E-state index contributed by atoms with van der Waals surface area (Å²) in [6.07, 6.45) is -1.18. The third-order valence-electron chi connectivity index (χ3n) is 3.81. The molecule has 0 saturated heterocycles. The van der Waals surface area contributed by atoms with E-state index < -0.39 is 33.3 Å². The average molecular weight is 559 g/mol. The van der Waals surface area contributed by atoms with E-state index in [1.807, 2.05) is 6.92 Å². The Kier molecular flexibility index (Phi) is 10.4. The Morgan fingerprint density at radius 2 is 2.00 bits per heavy atom. The summed E-state index contributed by atoms with van der Waals surface area (Å²) in [6.45, 7) is 3.98. The van der Waals surface area contributed by atoms with Gasteiger partial charge < -0.3 is 15.7 Å². The number of guanidine groups is 1. The molecule has 0 radical (unpaired) electrons. The van der Waals surface area contributed by atoms with E-state index in [9.17, 15) is 22.3 Å². The summed E-state index contributed by atoms with van der Waals surface area (Å²) in [7, 11) is -3.57. The molecule has 0 aliphatic heterocycles. The van der Waals surface area contributed by atoms with Gasteiger partial charge in [-0.3, -0.25) is 4.99 Å². The lowest BCUT2D eigenvalue weighted by Crippen LogP contribution is -2.39. The molecule has 1 aromatic heterocycles. The Hall–Kier alpha value is -1.31. The number of aliphatic imine (C=N–C) groups is 1. The number of aliphatic hydroxyl groups is 1. The van der Waals surface area contributed by atoms with Crippen molar-refractivity contribution in [1.29, 1.82) is 0 Å². The molecule has 2 aromatic rings. The Morgan fingerprint density at radius 3 is 2.59 bits per heavy atom. The normalized spacial score (nSPS) is 14.0. The summed E-state index contributed by atoms with van der Waals surface area (Å²) in [5.74, 6) is -1.98. The van der Waals surface area contributed by atoms with Crippen molar-refractivity contribution < 1.29 is 22.3 Å². The number of hydrogen-bond acceptors (Lipinski definition) is 5. The van der Waals surface area contributed by atoms with Gasteiger partial charge in [0, 0.05) is 6.54 Å². The molecular weight excluding hydrogens is 535 g/mol. The van der Waals surface area contributed by atoms with Gasteiger partial charge in [-0.2, -0.15) is 0 Å². The van der Waals surface area contributed by atoms with Gasteiger partial charge in [-0.15, -0.1) is 35.3 Å². The number of rotatable bonds is 8. The van der Waals surface area contributed by atoms with Crippen molar-refractivity contribution in [2.75, 3.05) is 18.8 Å². The van der Waals surface area contributed by atoms with Gasteiger partial charge in [0.2, 0.25) is 0 Å². The van der Waals surface area contributed by atoms with Crippen LogP contribution in [0.1, 0.15) is 25.5 Å². The Morgan fingerprint density at radius 1 is 1.28 bits per heavy atom. The molecule has 2 rings (SSSR count). The second kappa shape index (κ2) is 11.8. The van der Waals surface area contributed by atoms with Gasteiger partial charge in [-0.05, 0) is 43.0 Å². The molecule has 11 heteroatoms. The zero-order valence-electron chi connectivity index (χ0n) is 15.9. The van der Waals surface area contributed by atoms with Crippen LogP contribution in [0.2, 0.25) is 0 Å². The Bertz CT molecular complexity index is 909. The summed E-state index contributed by atoms with van der Waals surface area (Å²) in [5, 5.41) is 17.7. The average Bonchev–Trinajstić information content (AvgIpc) is 3.17. The highest BCUT2D eigenvalue weighted by molar-refractivity contribution is 14.0. The van der Waals surface area contributed by atoms with E-state index >= 15 is 0 Å². The van der Waals surface area contributed by atoms with Crippen LogP contribution in [0, 0.1) is 11.6 Å². The third kappa shape index (κ3) is 7.79. The molecule has 29 heavy (non-hydrogen) atoms. The van der Waals surface area contributed by atoms with Crippen LogP contribution in [0.5, 0.6) is 0 Å². The summed E-state index contributed by atoms with van der Waals surface area (Å²) in [4.78, 5) is 4.20. The Balaban J connectivity index is 0.00000420. The van der Waals surface area contributed by atoms with E-state index in [1.165, 1.54) is 12.1 Å². The number of benzene rings is 1. The zero-order chi connectivity index (χ0) is 20.7. The van der Waals surface area contributed by atoms with Crippen molar-refractivity contribution in [3.05, 3.63) is 52.9 Å². The fourth-order valence-corrected chi connectivity index (χ4v) is 4.88. The van der Waals surface area contributed by atoms with Crippen molar-refractivity contribution in [3.8, 4) is 0 Å². The number of thiophene rings is 1. The van der Waals surface area contributed by atoms with Crippen molar-refractivity contribution in [1.82, 2.24) is 10.6 Å². The van der Waals surface area contributed by atoms with E-state index in [4.69, 9.17) is 0 Å². The summed E-state index contributed by atoms with van der Waals surface area (Å²) >= 11 is 1.10. The molecule has 0 spiro atoms. The van der Waals surface area contributed by atoms with Gasteiger partial charge in [-0.1, -0.05) is 12.1 Å². The molecule has 3 N–H and O–H groups in total. The predicted octanol–water partition coefficient (Wildman–Crippen LogP) is 3.10. The highest BCUT2D eigenvalue weighted by Gasteiger charge is 2.21. The van der Waals surface area contributed by atoms with Gasteiger partial charge in [0.15, 0.2) is 27.4 Å². The predicted molar refractivity (Wildman–Crippen MR) is 122 cm³/mol. The lowest BCUT2D eigenvalue weighted by molar-refractivity contribution is 0.206. The fraction of sp³-hybridized carbons (Fsp3) is 0.389. The van der Waals surface area contributed by atoms with Gasteiger partial charge in [0.05, 0.1) is 24.4 Å². The van der Waals surface area contributed by atoms with Gasteiger partial charge in [0.1, 0.15) is 4.21 Å². The van der Waals surface area contributed by atoms with E-state index in [0.717, 1.165) is 23.5 Å². The maximum absolute atomic E-state index is 13.4. The third-order valence-corrected chi connectivity index (χ3v) is 7.10. The molecule has 162 valence electrons. The number of sulfone groups is 1. The van der Waals surface area contributed by atoms with Crippen LogP contribution in [-0.2, 0) is 9.84 Å². The molecule has 0 aliphatic rings. The molecule has 0 aliphatic carbocycles. The lowest BCUT2D eigenvalue weighted by atomic mass is 10.1. The van der Waals surface area contributed by atoms with Crippen LogP contribution >= 0.6 is 35.3 Å². The smallest absolute Gasteiger partial charge is 0.191 e. The molecule has 1 heterocycles. The van der Waals surface area contributed by atoms with Crippen LogP contribution in [-0.4, -0.2) is 44.4 Å². The second-order valence-electron chi connectivity index (χ2n) is 6.13. The number of aliphatic hydroxyl groups excluding tert-OH is 1. The highest BCUT2D eigenvalue weighted by atomic mass is 127. The van der Waals surface area contributed by atoms with Crippen molar-refractivity contribution in [3.63, 3.8) is 0 Å². The highest BCUT2D eigenvalue weighted by Crippen LogP contribution is 2.18. The van der Waals surface area contributed by atoms with Crippen LogP contribution in [0.15, 0.2) is 44.9 Å². The molecule has 1 aromatic carbocycles. The second-order valence-corrected chi connectivity index (χ2v) is 9.34. The number of hydrogen-bond donors (Lipinski definition) is 3. The Labute approximate surface area is 190 Å². The van der Waals surface area contributed by atoms with Gasteiger partial charge >= 0.3 is 0 Å². The maximum Gasteiger partial charge on any atom is 0.191 e. The molecule has 0 saturated carbocycles. The number of halogens is 3. The van der Waals surface area contributed by atoms with Crippen molar-refractivity contribution in [2.45, 2.75) is 30.2 Å². The minimum atomic E-state index is -3.57. The van der Waals surface area contributed by atoms with Crippen molar-refractivity contribution >= 4 is 51.1 Å². The van der Waals surface area contributed by atoms with Crippen LogP contribution < -0.4 is 10.6 Å². The molecule has 0 bridgehead atoms. The first-order valence-electron chi connectivity index (χ1n) is 8.67. The topological polar surface area (TPSA) is 90.8 Å². The summed E-state index contributed by atoms with van der Waals surface area (Å²) < 4.78 is 51.1. The zero-order valence-corrected chi connectivity index (χ0v) is 19.9. The monoisotopic (exact) mass is 559 g/mol. The van der Waals surface area contributed by atoms with Crippen LogP contribution in [0.25, 0.3) is 0 Å². The molecule has 6 nitrogen and oxygen atoms in total. The van der Waals surface area contributed by atoms with Gasteiger partial charge in [0.25, 0.3) is 0 Å². The van der Waals surface area contributed by atoms with Gasteiger partial charge in [-0.25, -0.2) is 17.2 Å². The SMILES string of the molecule is CCNC(=NCC(O)CS(=O)(=O)c1cccs1)NC(C)c1ccc(F)c(F)c1.I. The van der Waals surface area contributed by atoms with E-state index in [-0.39, 0.29) is 40.8 Å². The summed E-state index contributed by atoms with van der Waals surface area (Å²) in [5.41, 5.74) is 0.519. The molecule has 0 fully saturated rings. The minimum Gasteiger partial charge on any atom is -0.390 e. The first-order valence-corrected chi connectivity index (χ1v) is 11.2. The molecule has 0 amide bonds. The fourth-order valence-electron chi connectivity index (χ4n) is 2.42.